The first-order valence-corrected chi connectivity index (χ1v) is 12.8. The van der Waals surface area contributed by atoms with E-state index >= 15 is 0 Å². The number of fused-ring (bicyclic) bond motifs is 1. The van der Waals surface area contributed by atoms with Gasteiger partial charge in [0.2, 0.25) is 10.0 Å². The van der Waals surface area contributed by atoms with Crippen molar-refractivity contribution in [2.45, 2.75) is 22.1 Å². The average molecular weight is 469 g/mol. The molecule has 2 aromatic carbocycles. The summed E-state index contributed by atoms with van der Waals surface area (Å²) in [7, 11) is -7.36. The minimum Gasteiger partial charge on any atom is -0.279 e. The number of hydrogen-bond acceptors (Lipinski definition) is 5. The van der Waals surface area contributed by atoms with Crippen molar-refractivity contribution in [3.63, 3.8) is 0 Å². The molecule has 1 aliphatic heterocycles. The van der Waals surface area contributed by atoms with Crippen molar-refractivity contribution in [1.82, 2.24) is 4.31 Å². The Labute approximate surface area is 178 Å². The quantitative estimate of drug-likeness (QED) is 0.614. The first-order valence-electron chi connectivity index (χ1n) is 8.71. The maximum atomic E-state index is 12.9. The molecule has 0 saturated carbocycles. The van der Waals surface area contributed by atoms with Crippen molar-refractivity contribution < 1.29 is 16.8 Å². The van der Waals surface area contributed by atoms with Gasteiger partial charge in [-0.15, -0.1) is 11.3 Å². The van der Waals surface area contributed by atoms with Crippen LogP contribution in [0, 0.1) is 0 Å². The summed E-state index contributed by atoms with van der Waals surface area (Å²) in [5.41, 5.74) is 2.17. The smallest absolute Gasteiger partial charge is 0.271 e. The fourth-order valence-electron chi connectivity index (χ4n) is 3.19. The van der Waals surface area contributed by atoms with Gasteiger partial charge < -0.3 is 0 Å². The summed E-state index contributed by atoms with van der Waals surface area (Å²) in [6, 6.07) is 16.5. The third kappa shape index (κ3) is 4.19. The van der Waals surface area contributed by atoms with Crippen LogP contribution in [-0.4, -0.2) is 27.7 Å². The largest absolute Gasteiger partial charge is 0.279 e. The van der Waals surface area contributed by atoms with E-state index in [1.807, 2.05) is 6.07 Å². The van der Waals surface area contributed by atoms with Crippen molar-refractivity contribution in [3.05, 3.63) is 76.1 Å². The summed E-state index contributed by atoms with van der Waals surface area (Å²) in [5, 5.41) is 0. The van der Waals surface area contributed by atoms with Crippen molar-refractivity contribution in [1.29, 1.82) is 0 Å². The zero-order chi connectivity index (χ0) is 20.6. The Morgan fingerprint density at radius 3 is 2.38 bits per heavy atom. The zero-order valence-electron chi connectivity index (χ0n) is 15.1. The molecule has 0 aliphatic carbocycles. The van der Waals surface area contributed by atoms with E-state index in [4.69, 9.17) is 11.6 Å². The Morgan fingerprint density at radius 1 is 0.931 bits per heavy atom. The third-order valence-electron chi connectivity index (χ3n) is 4.63. The van der Waals surface area contributed by atoms with Crippen molar-refractivity contribution >= 4 is 48.7 Å². The van der Waals surface area contributed by atoms with E-state index in [0.29, 0.717) is 23.0 Å². The molecule has 10 heteroatoms. The Morgan fingerprint density at radius 2 is 1.69 bits per heavy atom. The van der Waals surface area contributed by atoms with E-state index in [0.717, 1.165) is 22.5 Å². The van der Waals surface area contributed by atoms with Crippen LogP contribution in [0.2, 0.25) is 4.34 Å². The second-order valence-corrected chi connectivity index (χ2v) is 12.1. The summed E-state index contributed by atoms with van der Waals surface area (Å²) in [6.07, 6.45) is 0.564. The van der Waals surface area contributed by atoms with Gasteiger partial charge in [0.15, 0.2) is 0 Å². The third-order valence-corrected chi connectivity index (χ3v) is 9.59. The highest BCUT2D eigenvalue weighted by atomic mass is 35.5. The molecule has 1 N–H and O–H groups in total. The molecule has 6 nitrogen and oxygen atoms in total. The minimum absolute atomic E-state index is 0.119. The molecule has 0 spiro atoms. The second-order valence-electron chi connectivity index (χ2n) is 6.55. The highest BCUT2D eigenvalue weighted by molar-refractivity contribution is 7.94. The highest BCUT2D eigenvalue weighted by Gasteiger charge is 2.28. The van der Waals surface area contributed by atoms with Gasteiger partial charge in [0.1, 0.15) is 4.21 Å². The number of halogens is 1. The van der Waals surface area contributed by atoms with E-state index in [-0.39, 0.29) is 15.6 Å². The molecule has 1 aliphatic rings. The molecule has 0 fully saturated rings. The Balaban J connectivity index is 1.59. The average Bonchev–Trinajstić information content (AvgIpc) is 3.15. The van der Waals surface area contributed by atoms with Crippen LogP contribution in [0.25, 0.3) is 0 Å². The lowest BCUT2D eigenvalue weighted by molar-refractivity contribution is 0.391. The molecule has 4 rings (SSSR count). The predicted molar refractivity (Wildman–Crippen MR) is 114 cm³/mol. The number of sulfonamides is 2. The summed E-state index contributed by atoms with van der Waals surface area (Å²) < 4.78 is 55.3. The van der Waals surface area contributed by atoms with Crippen LogP contribution in [0.5, 0.6) is 0 Å². The molecule has 0 unspecified atom stereocenters. The van der Waals surface area contributed by atoms with Crippen LogP contribution in [-0.2, 0) is 33.0 Å². The fraction of sp³-hybridized carbons (Fsp3) is 0.158. The molecular weight excluding hydrogens is 452 g/mol. The van der Waals surface area contributed by atoms with Gasteiger partial charge in [-0.3, -0.25) is 4.72 Å². The molecule has 29 heavy (non-hydrogen) atoms. The van der Waals surface area contributed by atoms with Crippen LogP contribution in [0.1, 0.15) is 11.1 Å². The number of thiophene rings is 1. The molecule has 0 amide bonds. The maximum Gasteiger partial charge on any atom is 0.271 e. The zero-order valence-corrected chi connectivity index (χ0v) is 18.3. The normalized spacial score (nSPS) is 15.1. The van der Waals surface area contributed by atoms with Gasteiger partial charge in [-0.2, -0.15) is 4.31 Å². The van der Waals surface area contributed by atoms with Crippen LogP contribution in [0.15, 0.2) is 69.8 Å². The van der Waals surface area contributed by atoms with Gasteiger partial charge in [0.25, 0.3) is 10.0 Å². The van der Waals surface area contributed by atoms with Gasteiger partial charge in [-0.25, -0.2) is 16.8 Å². The van der Waals surface area contributed by atoms with Gasteiger partial charge in [0, 0.05) is 18.8 Å². The van der Waals surface area contributed by atoms with Gasteiger partial charge in [-0.1, -0.05) is 35.9 Å². The second kappa shape index (κ2) is 7.73. The number of hydrogen-bond donors (Lipinski definition) is 1. The summed E-state index contributed by atoms with van der Waals surface area (Å²) in [5.74, 6) is 0. The minimum atomic E-state index is -3.75. The lowest BCUT2D eigenvalue weighted by atomic mass is 10.0. The summed E-state index contributed by atoms with van der Waals surface area (Å²) in [6.45, 7) is 0.565. The van der Waals surface area contributed by atoms with Crippen LogP contribution in [0.4, 0.5) is 5.69 Å². The number of rotatable bonds is 5. The Kier molecular flexibility index (Phi) is 5.43. The Bertz CT molecular complexity index is 1260. The number of benzene rings is 2. The van der Waals surface area contributed by atoms with E-state index in [1.54, 1.807) is 42.5 Å². The summed E-state index contributed by atoms with van der Waals surface area (Å²) >= 11 is 6.81. The first-order chi connectivity index (χ1) is 13.8. The predicted octanol–water partition coefficient (Wildman–Crippen LogP) is 3.95. The SMILES string of the molecule is O=S(=O)(Nc1ccc2c(c1)CN(S(=O)(=O)c1ccccc1)CC2)c1ccc(Cl)s1. The molecule has 152 valence electrons. The topological polar surface area (TPSA) is 83.6 Å². The highest BCUT2D eigenvalue weighted by Crippen LogP contribution is 2.30. The molecular formula is C19H17ClN2O4S3. The van der Waals surface area contributed by atoms with Crippen LogP contribution >= 0.6 is 22.9 Å². The Hall–Kier alpha value is -1.91. The van der Waals surface area contributed by atoms with Crippen molar-refractivity contribution in [3.8, 4) is 0 Å². The molecule has 0 radical (unpaired) electrons. The van der Waals surface area contributed by atoms with E-state index in [2.05, 4.69) is 4.72 Å². The molecule has 2 heterocycles. The molecule has 1 aromatic heterocycles. The van der Waals surface area contributed by atoms with Gasteiger partial charge in [-0.05, 0) is 53.9 Å². The van der Waals surface area contributed by atoms with Gasteiger partial charge in [0.05, 0.1) is 9.23 Å². The lowest BCUT2D eigenvalue weighted by Crippen LogP contribution is -2.36. The van der Waals surface area contributed by atoms with Crippen LogP contribution in [0.3, 0.4) is 0 Å². The number of nitrogens with zero attached hydrogens (tertiary/aromatic N) is 1. The summed E-state index contributed by atoms with van der Waals surface area (Å²) in [4.78, 5) is 0.245. The lowest BCUT2D eigenvalue weighted by Gasteiger charge is -2.28. The standard InChI is InChI=1S/C19H17ClN2O4S3/c20-18-8-9-19(27-18)28(23,24)21-16-7-6-14-10-11-22(13-15(14)12-16)29(25,26)17-4-2-1-3-5-17/h1-9,12,21H,10-11,13H2. The molecule has 3 aromatic rings. The van der Waals surface area contributed by atoms with E-state index < -0.39 is 20.0 Å². The number of anilines is 1. The molecule has 0 bridgehead atoms. The first kappa shape index (κ1) is 20.4. The molecule has 0 saturated heterocycles. The monoisotopic (exact) mass is 468 g/mol. The number of nitrogens with one attached hydrogen (secondary N) is 1. The van der Waals surface area contributed by atoms with Crippen molar-refractivity contribution in [2.24, 2.45) is 0 Å². The van der Waals surface area contributed by atoms with Crippen LogP contribution < -0.4 is 4.72 Å². The maximum absolute atomic E-state index is 12.9. The van der Waals surface area contributed by atoms with E-state index in [9.17, 15) is 16.8 Å². The fourth-order valence-corrected chi connectivity index (χ4v) is 7.16. The van der Waals surface area contributed by atoms with Crippen molar-refractivity contribution in [2.75, 3.05) is 11.3 Å². The molecule has 0 atom stereocenters. The van der Waals surface area contributed by atoms with Gasteiger partial charge >= 0.3 is 0 Å². The van der Waals surface area contributed by atoms with E-state index in [1.165, 1.54) is 16.4 Å².